The van der Waals surface area contributed by atoms with Crippen LogP contribution in [0.3, 0.4) is 0 Å². The van der Waals surface area contributed by atoms with Crippen LogP contribution in [-0.4, -0.2) is 29.4 Å². The standard InChI is InChI=1S/C20H20N6/c1-4-15-11-10-14(2)26-20(15)21-17(23-26)12-13-18-22-19(24-25(18)3)16-8-6-5-7-9-16/h5-13H,4H2,1-3H3/b13-12+. The van der Waals surface area contributed by atoms with Crippen molar-refractivity contribution in [2.75, 3.05) is 0 Å². The normalized spacial score (nSPS) is 11.7. The summed E-state index contributed by atoms with van der Waals surface area (Å²) in [7, 11) is 1.88. The highest BCUT2D eigenvalue weighted by molar-refractivity contribution is 5.66. The summed E-state index contributed by atoms with van der Waals surface area (Å²) in [5, 5.41) is 9.08. The number of nitrogens with zero attached hydrogens (tertiary/aromatic N) is 6. The maximum atomic E-state index is 4.66. The molecule has 0 unspecified atom stereocenters. The zero-order chi connectivity index (χ0) is 18.1. The lowest BCUT2D eigenvalue weighted by molar-refractivity contribution is 0.759. The monoisotopic (exact) mass is 344 g/mol. The van der Waals surface area contributed by atoms with Gasteiger partial charge in [0.1, 0.15) is 0 Å². The zero-order valence-corrected chi connectivity index (χ0v) is 15.1. The summed E-state index contributed by atoms with van der Waals surface area (Å²) >= 11 is 0. The summed E-state index contributed by atoms with van der Waals surface area (Å²) < 4.78 is 3.65. The molecule has 0 radical (unpaired) electrons. The lowest BCUT2D eigenvalue weighted by atomic mass is 10.2. The first-order valence-corrected chi connectivity index (χ1v) is 8.65. The number of aromatic nitrogens is 6. The number of pyridine rings is 1. The Morgan fingerprint density at radius 1 is 0.962 bits per heavy atom. The fraction of sp³-hybridized carbons (Fsp3) is 0.200. The van der Waals surface area contributed by atoms with Crippen LogP contribution in [0.5, 0.6) is 0 Å². The minimum absolute atomic E-state index is 0.665. The molecule has 0 fully saturated rings. The van der Waals surface area contributed by atoms with E-state index in [1.54, 1.807) is 4.68 Å². The van der Waals surface area contributed by atoms with Gasteiger partial charge in [0.2, 0.25) is 0 Å². The van der Waals surface area contributed by atoms with Crippen LogP contribution >= 0.6 is 0 Å². The fourth-order valence-corrected chi connectivity index (χ4v) is 2.89. The number of hydrogen-bond acceptors (Lipinski definition) is 4. The molecule has 0 aliphatic heterocycles. The maximum absolute atomic E-state index is 4.66. The van der Waals surface area contributed by atoms with E-state index in [4.69, 9.17) is 0 Å². The average Bonchev–Trinajstić information content (AvgIpc) is 3.25. The molecule has 0 N–H and O–H groups in total. The van der Waals surface area contributed by atoms with Gasteiger partial charge < -0.3 is 0 Å². The Balaban J connectivity index is 1.68. The van der Waals surface area contributed by atoms with E-state index in [0.717, 1.165) is 29.1 Å². The van der Waals surface area contributed by atoms with Crippen LogP contribution in [-0.2, 0) is 13.5 Å². The first-order chi connectivity index (χ1) is 12.7. The summed E-state index contributed by atoms with van der Waals surface area (Å²) in [6, 6.07) is 14.1. The van der Waals surface area contributed by atoms with Crippen molar-refractivity contribution in [3.63, 3.8) is 0 Å². The molecule has 4 rings (SSSR count). The number of hydrogen-bond donors (Lipinski definition) is 0. The largest absolute Gasteiger partial charge is 0.249 e. The van der Waals surface area contributed by atoms with Crippen molar-refractivity contribution in [2.24, 2.45) is 7.05 Å². The van der Waals surface area contributed by atoms with Gasteiger partial charge in [-0.15, -0.1) is 5.10 Å². The minimum atomic E-state index is 0.665. The molecule has 0 amide bonds. The molecular weight excluding hydrogens is 324 g/mol. The van der Waals surface area contributed by atoms with Crippen LogP contribution < -0.4 is 0 Å². The third kappa shape index (κ3) is 2.90. The van der Waals surface area contributed by atoms with Gasteiger partial charge in [0.05, 0.1) is 0 Å². The van der Waals surface area contributed by atoms with E-state index in [2.05, 4.69) is 39.2 Å². The van der Waals surface area contributed by atoms with Crippen LogP contribution in [0.2, 0.25) is 0 Å². The summed E-state index contributed by atoms with van der Waals surface area (Å²) in [5.74, 6) is 2.13. The summed E-state index contributed by atoms with van der Waals surface area (Å²) in [6.45, 7) is 4.16. The zero-order valence-electron chi connectivity index (χ0n) is 15.1. The Morgan fingerprint density at radius 3 is 2.54 bits per heavy atom. The molecule has 0 aliphatic carbocycles. The van der Waals surface area contributed by atoms with E-state index in [9.17, 15) is 0 Å². The highest BCUT2D eigenvalue weighted by Gasteiger charge is 2.09. The Hall–Kier alpha value is -3.28. The van der Waals surface area contributed by atoms with Crippen molar-refractivity contribution in [3.05, 3.63) is 65.4 Å². The van der Waals surface area contributed by atoms with Gasteiger partial charge >= 0.3 is 0 Å². The Kier molecular flexibility index (Phi) is 4.08. The molecule has 3 aromatic heterocycles. The molecule has 6 nitrogen and oxygen atoms in total. The molecular formula is C20H20N6. The minimum Gasteiger partial charge on any atom is -0.249 e. The van der Waals surface area contributed by atoms with Gasteiger partial charge in [-0.2, -0.15) is 5.10 Å². The predicted octanol–water partition coefficient (Wildman–Crippen LogP) is 3.57. The summed E-state index contributed by atoms with van der Waals surface area (Å²) in [4.78, 5) is 9.26. The molecule has 3 heterocycles. The molecule has 0 atom stereocenters. The molecule has 6 heteroatoms. The molecule has 0 aliphatic rings. The van der Waals surface area contributed by atoms with Crippen molar-refractivity contribution < 1.29 is 0 Å². The Morgan fingerprint density at radius 2 is 1.77 bits per heavy atom. The highest BCUT2D eigenvalue weighted by atomic mass is 15.3. The third-order valence-corrected chi connectivity index (χ3v) is 4.36. The van der Waals surface area contributed by atoms with E-state index < -0.39 is 0 Å². The van der Waals surface area contributed by atoms with Crippen LogP contribution in [0.4, 0.5) is 0 Å². The molecule has 1 aromatic carbocycles. The first kappa shape index (κ1) is 16.2. The van der Waals surface area contributed by atoms with Gasteiger partial charge in [-0.1, -0.05) is 43.3 Å². The van der Waals surface area contributed by atoms with Gasteiger partial charge in [0, 0.05) is 18.3 Å². The SMILES string of the molecule is CCc1ccc(C)n2nc(/C=C/c3nc(-c4ccccc4)nn3C)nc12. The Bertz CT molecular complexity index is 1090. The molecule has 0 saturated carbocycles. The van der Waals surface area contributed by atoms with E-state index in [1.165, 1.54) is 5.56 Å². The molecule has 0 bridgehead atoms. The van der Waals surface area contributed by atoms with E-state index in [0.29, 0.717) is 11.6 Å². The van der Waals surface area contributed by atoms with Crippen molar-refractivity contribution in [2.45, 2.75) is 20.3 Å². The number of benzene rings is 1. The molecule has 4 aromatic rings. The van der Waals surface area contributed by atoms with Crippen LogP contribution in [0.1, 0.15) is 29.8 Å². The smallest absolute Gasteiger partial charge is 0.181 e. The van der Waals surface area contributed by atoms with Gasteiger partial charge in [-0.25, -0.2) is 19.2 Å². The average molecular weight is 344 g/mol. The van der Waals surface area contributed by atoms with E-state index in [-0.39, 0.29) is 0 Å². The van der Waals surface area contributed by atoms with Gasteiger partial charge in [0.15, 0.2) is 23.1 Å². The van der Waals surface area contributed by atoms with Crippen LogP contribution in [0.15, 0.2) is 42.5 Å². The second-order valence-corrected chi connectivity index (χ2v) is 6.18. The Labute approximate surface area is 151 Å². The lowest BCUT2D eigenvalue weighted by Crippen LogP contribution is -1.96. The van der Waals surface area contributed by atoms with Crippen LogP contribution in [0, 0.1) is 6.92 Å². The maximum Gasteiger partial charge on any atom is 0.181 e. The second kappa shape index (κ2) is 6.55. The molecule has 130 valence electrons. The predicted molar refractivity (Wildman–Crippen MR) is 102 cm³/mol. The molecule has 26 heavy (non-hydrogen) atoms. The van der Waals surface area contributed by atoms with Crippen LogP contribution in [0.25, 0.3) is 29.2 Å². The van der Waals surface area contributed by atoms with Gasteiger partial charge in [-0.05, 0) is 37.1 Å². The number of aryl methyl sites for hydroxylation is 3. The third-order valence-electron chi connectivity index (χ3n) is 4.36. The lowest BCUT2D eigenvalue weighted by Gasteiger charge is -2.01. The molecule has 0 saturated heterocycles. The topological polar surface area (TPSA) is 60.9 Å². The van der Waals surface area contributed by atoms with Gasteiger partial charge in [0.25, 0.3) is 0 Å². The van der Waals surface area contributed by atoms with Gasteiger partial charge in [-0.3, -0.25) is 0 Å². The van der Waals surface area contributed by atoms with Crippen molar-refractivity contribution in [1.82, 2.24) is 29.4 Å². The van der Waals surface area contributed by atoms with E-state index >= 15 is 0 Å². The highest BCUT2D eigenvalue weighted by Crippen LogP contribution is 2.16. The summed E-state index contributed by atoms with van der Waals surface area (Å²) in [6.07, 6.45) is 4.70. The molecule has 0 spiro atoms. The fourth-order valence-electron chi connectivity index (χ4n) is 2.89. The van der Waals surface area contributed by atoms with E-state index in [1.807, 2.05) is 61.0 Å². The summed E-state index contributed by atoms with van der Waals surface area (Å²) in [5.41, 5.74) is 4.16. The number of fused-ring (bicyclic) bond motifs is 1. The number of rotatable bonds is 4. The second-order valence-electron chi connectivity index (χ2n) is 6.18. The van der Waals surface area contributed by atoms with Crippen molar-refractivity contribution in [1.29, 1.82) is 0 Å². The van der Waals surface area contributed by atoms with Crippen molar-refractivity contribution in [3.8, 4) is 11.4 Å². The van der Waals surface area contributed by atoms with Crippen molar-refractivity contribution >= 4 is 17.8 Å². The first-order valence-electron chi connectivity index (χ1n) is 8.65. The quantitative estimate of drug-likeness (QED) is 0.568.